The third-order valence-corrected chi connectivity index (χ3v) is 5.78. The van der Waals surface area contributed by atoms with Crippen LogP contribution in [0.3, 0.4) is 0 Å². The summed E-state index contributed by atoms with van der Waals surface area (Å²) in [4.78, 5) is 13.4. The van der Waals surface area contributed by atoms with E-state index in [2.05, 4.69) is 5.10 Å². The number of aromatic nitrogens is 2. The number of aryl methyl sites for hydroxylation is 1. The molecule has 1 amide bonds. The van der Waals surface area contributed by atoms with Crippen molar-refractivity contribution in [3.8, 4) is 0 Å². The van der Waals surface area contributed by atoms with Crippen LogP contribution in [0.25, 0.3) is 0 Å². The highest BCUT2D eigenvalue weighted by Crippen LogP contribution is 2.28. The molecule has 3 rings (SSSR count). The Bertz CT molecular complexity index is 653. The van der Waals surface area contributed by atoms with Crippen molar-refractivity contribution in [1.29, 1.82) is 0 Å². The molecular formula is C11H17N5O3S. The number of carbonyl (C=O) groups excluding carboxylic acids is 1. The molecule has 1 aromatic rings. The molecule has 0 radical (unpaired) electrons. The van der Waals surface area contributed by atoms with Crippen LogP contribution in [0.5, 0.6) is 0 Å². The maximum atomic E-state index is 12.6. The van der Waals surface area contributed by atoms with Gasteiger partial charge in [0.15, 0.2) is 5.82 Å². The molecule has 0 bridgehead atoms. The third kappa shape index (κ3) is 1.97. The predicted molar refractivity (Wildman–Crippen MR) is 71.1 cm³/mol. The first-order valence-electron chi connectivity index (χ1n) is 6.48. The number of rotatable bonds is 2. The Morgan fingerprint density at radius 3 is 2.80 bits per heavy atom. The van der Waals surface area contributed by atoms with Gasteiger partial charge in [-0.05, 0) is 6.42 Å². The largest absolute Gasteiger partial charge is 0.381 e. The molecule has 0 spiro atoms. The number of carbonyl (C=O) groups is 1. The van der Waals surface area contributed by atoms with E-state index in [9.17, 15) is 13.2 Å². The minimum atomic E-state index is -3.64. The van der Waals surface area contributed by atoms with Gasteiger partial charge in [-0.15, -0.1) is 0 Å². The Hall–Kier alpha value is -1.61. The van der Waals surface area contributed by atoms with Crippen LogP contribution in [0.1, 0.15) is 12.8 Å². The van der Waals surface area contributed by atoms with E-state index in [-0.39, 0.29) is 22.7 Å². The molecule has 8 nitrogen and oxygen atoms in total. The summed E-state index contributed by atoms with van der Waals surface area (Å²) in [7, 11) is -2.01. The standard InChI is InChI=1S/C11H17N5O3S/c1-14-7-9(11(12)13-14)20(18,19)15-4-5-16-8(6-15)2-3-10(16)17/h7-8H,2-6H2,1H3,(H2,12,13). The summed E-state index contributed by atoms with van der Waals surface area (Å²) >= 11 is 0. The second kappa shape index (κ2) is 4.45. The van der Waals surface area contributed by atoms with Gasteiger partial charge >= 0.3 is 0 Å². The molecule has 1 atom stereocenters. The van der Waals surface area contributed by atoms with E-state index in [0.717, 1.165) is 0 Å². The van der Waals surface area contributed by atoms with Crippen LogP contribution in [-0.4, -0.2) is 59.0 Å². The number of piperazine rings is 1. The zero-order chi connectivity index (χ0) is 14.5. The van der Waals surface area contributed by atoms with E-state index < -0.39 is 10.0 Å². The molecule has 0 saturated carbocycles. The molecule has 2 saturated heterocycles. The predicted octanol–water partition coefficient (Wildman–Crippen LogP) is -1.00. The zero-order valence-electron chi connectivity index (χ0n) is 11.2. The third-order valence-electron chi connectivity index (χ3n) is 3.90. The number of hydrogen-bond acceptors (Lipinski definition) is 5. The van der Waals surface area contributed by atoms with Crippen LogP contribution in [0.15, 0.2) is 11.1 Å². The molecule has 110 valence electrons. The number of hydrogen-bond donors (Lipinski definition) is 1. The number of fused-ring (bicyclic) bond motifs is 1. The Labute approximate surface area is 117 Å². The number of nitrogens with two attached hydrogens (primary N) is 1. The number of sulfonamides is 1. The minimum Gasteiger partial charge on any atom is -0.381 e. The van der Waals surface area contributed by atoms with Crippen LogP contribution in [-0.2, 0) is 21.9 Å². The summed E-state index contributed by atoms with van der Waals surface area (Å²) in [5, 5.41) is 3.87. The van der Waals surface area contributed by atoms with Crippen molar-refractivity contribution in [2.75, 3.05) is 25.4 Å². The van der Waals surface area contributed by atoms with Crippen molar-refractivity contribution in [2.45, 2.75) is 23.8 Å². The van der Waals surface area contributed by atoms with E-state index in [1.165, 1.54) is 15.2 Å². The highest BCUT2D eigenvalue weighted by atomic mass is 32.2. The second-order valence-electron chi connectivity index (χ2n) is 5.19. The summed E-state index contributed by atoms with van der Waals surface area (Å²) in [6.07, 6.45) is 2.64. The summed E-state index contributed by atoms with van der Waals surface area (Å²) < 4.78 is 28.0. The molecule has 20 heavy (non-hydrogen) atoms. The smallest absolute Gasteiger partial charge is 0.248 e. The Kier molecular flexibility index (Phi) is 2.98. The maximum absolute atomic E-state index is 12.6. The van der Waals surface area contributed by atoms with Crippen molar-refractivity contribution >= 4 is 21.7 Å². The minimum absolute atomic E-state index is 0.0103. The van der Waals surface area contributed by atoms with E-state index in [4.69, 9.17) is 5.73 Å². The maximum Gasteiger partial charge on any atom is 0.248 e. The fourth-order valence-corrected chi connectivity index (χ4v) is 4.44. The van der Waals surface area contributed by atoms with Crippen LogP contribution >= 0.6 is 0 Å². The average molecular weight is 299 g/mol. The summed E-state index contributed by atoms with van der Waals surface area (Å²) in [6, 6.07) is -0.0103. The Morgan fingerprint density at radius 2 is 2.15 bits per heavy atom. The number of anilines is 1. The van der Waals surface area contributed by atoms with Gasteiger partial charge in [0.05, 0.1) is 0 Å². The molecule has 9 heteroatoms. The topological polar surface area (TPSA) is 102 Å². The Balaban J connectivity index is 1.86. The lowest BCUT2D eigenvalue weighted by molar-refractivity contribution is -0.130. The van der Waals surface area contributed by atoms with Gasteiger partial charge in [-0.25, -0.2) is 8.42 Å². The van der Waals surface area contributed by atoms with Crippen LogP contribution in [0.2, 0.25) is 0 Å². The molecular weight excluding hydrogens is 282 g/mol. The van der Waals surface area contributed by atoms with Gasteiger partial charge in [0.2, 0.25) is 15.9 Å². The monoisotopic (exact) mass is 299 g/mol. The first kappa shape index (κ1) is 13.4. The number of nitrogens with zero attached hydrogens (tertiary/aromatic N) is 4. The highest BCUT2D eigenvalue weighted by molar-refractivity contribution is 7.89. The summed E-state index contributed by atoms with van der Waals surface area (Å²) in [6.45, 7) is 1.09. The lowest BCUT2D eigenvalue weighted by Gasteiger charge is -2.36. The van der Waals surface area contributed by atoms with Gasteiger partial charge < -0.3 is 10.6 Å². The van der Waals surface area contributed by atoms with Crippen molar-refractivity contribution in [1.82, 2.24) is 19.0 Å². The van der Waals surface area contributed by atoms with Gasteiger partial charge in [-0.3, -0.25) is 9.48 Å². The molecule has 3 heterocycles. The Morgan fingerprint density at radius 1 is 1.40 bits per heavy atom. The number of nitrogen functional groups attached to an aromatic ring is 1. The fourth-order valence-electron chi connectivity index (χ4n) is 2.88. The molecule has 1 unspecified atom stereocenters. The van der Waals surface area contributed by atoms with E-state index >= 15 is 0 Å². The van der Waals surface area contributed by atoms with Crippen molar-refractivity contribution in [3.63, 3.8) is 0 Å². The van der Waals surface area contributed by atoms with Gasteiger partial charge in [0, 0.05) is 45.3 Å². The van der Waals surface area contributed by atoms with Gasteiger partial charge in [0.1, 0.15) is 4.90 Å². The van der Waals surface area contributed by atoms with Crippen molar-refractivity contribution < 1.29 is 13.2 Å². The van der Waals surface area contributed by atoms with Crippen LogP contribution < -0.4 is 5.73 Å². The fraction of sp³-hybridized carbons (Fsp3) is 0.636. The van der Waals surface area contributed by atoms with E-state index in [0.29, 0.717) is 32.5 Å². The molecule has 0 aromatic carbocycles. The van der Waals surface area contributed by atoms with Crippen LogP contribution in [0, 0.1) is 0 Å². The summed E-state index contributed by atoms with van der Waals surface area (Å²) in [5.41, 5.74) is 5.66. The lowest BCUT2D eigenvalue weighted by Crippen LogP contribution is -2.53. The molecule has 0 aliphatic carbocycles. The SMILES string of the molecule is Cn1cc(S(=O)(=O)N2CCN3C(=O)CCC3C2)c(N)n1. The zero-order valence-corrected chi connectivity index (χ0v) is 12.0. The van der Waals surface area contributed by atoms with Gasteiger partial charge in [-0.2, -0.15) is 9.40 Å². The molecule has 1 aromatic heterocycles. The van der Waals surface area contributed by atoms with Crippen molar-refractivity contribution in [3.05, 3.63) is 6.20 Å². The lowest BCUT2D eigenvalue weighted by atomic mass is 10.2. The molecule has 2 N–H and O–H groups in total. The first-order valence-corrected chi connectivity index (χ1v) is 7.92. The molecule has 2 aliphatic rings. The molecule has 2 aliphatic heterocycles. The molecule has 2 fully saturated rings. The highest BCUT2D eigenvalue weighted by Gasteiger charge is 2.40. The van der Waals surface area contributed by atoms with E-state index in [1.807, 2.05) is 0 Å². The normalized spacial score (nSPS) is 24.1. The number of amides is 1. The second-order valence-corrected chi connectivity index (χ2v) is 7.10. The van der Waals surface area contributed by atoms with Crippen LogP contribution in [0.4, 0.5) is 5.82 Å². The summed E-state index contributed by atoms with van der Waals surface area (Å²) in [5.74, 6) is 0.130. The van der Waals surface area contributed by atoms with Gasteiger partial charge in [-0.1, -0.05) is 0 Å². The quantitative estimate of drug-likeness (QED) is 0.754. The first-order chi connectivity index (χ1) is 9.39. The van der Waals surface area contributed by atoms with Gasteiger partial charge in [0.25, 0.3) is 0 Å². The van der Waals surface area contributed by atoms with E-state index in [1.54, 1.807) is 11.9 Å². The average Bonchev–Trinajstić information content (AvgIpc) is 2.93. The van der Waals surface area contributed by atoms with Crippen molar-refractivity contribution in [2.24, 2.45) is 7.05 Å².